The topological polar surface area (TPSA) is 40.7 Å². The summed E-state index contributed by atoms with van der Waals surface area (Å²) >= 11 is 12.1. The monoisotopic (exact) mass is 297 g/mol. The molecular weight excluding hydrogens is 281 g/mol. The fraction of sp³-hybridized carbons (Fsp3) is 0.357. The number of halogens is 2. The van der Waals surface area contributed by atoms with Crippen molar-refractivity contribution in [3.63, 3.8) is 0 Å². The van der Waals surface area contributed by atoms with Crippen LogP contribution in [0.1, 0.15) is 26.5 Å². The van der Waals surface area contributed by atoms with Crippen LogP contribution in [0.25, 0.3) is 11.3 Å². The van der Waals surface area contributed by atoms with Crippen molar-refractivity contribution in [3.05, 3.63) is 40.0 Å². The molecule has 0 unspecified atom stereocenters. The molecule has 0 atom stereocenters. The SMILES string of the molecule is CC(C)(C)NCc1cc(-c2ccc(Cl)cc2Cl)n[nH]1. The van der Waals surface area contributed by atoms with Crippen molar-refractivity contribution in [2.24, 2.45) is 0 Å². The maximum Gasteiger partial charge on any atom is 0.0939 e. The summed E-state index contributed by atoms with van der Waals surface area (Å²) in [6, 6.07) is 7.40. The molecule has 2 rings (SSSR count). The molecule has 5 heteroatoms. The van der Waals surface area contributed by atoms with Crippen molar-refractivity contribution in [1.82, 2.24) is 15.5 Å². The van der Waals surface area contributed by atoms with Gasteiger partial charge in [-0.2, -0.15) is 5.10 Å². The van der Waals surface area contributed by atoms with Crippen molar-refractivity contribution < 1.29 is 0 Å². The highest BCUT2D eigenvalue weighted by atomic mass is 35.5. The van der Waals surface area contributed by atoms with Crippen LogP contribution in [0.3, 0.4) is 0 Å². The van der Waals surface area contributed by atoms with Gasteiger partial charge in [0.2, 0.25) is 0 Å². The molecule has 3 nitrogen and oxygen atoms in total. The van der Waals surface area contributed by atoms with E-state index in [1.807, 2.05) is 18.2 Å². The zero-order valence-corrected chi connectivity index (χ0v) is 12.7. The highest BCUT2D eigenvalue weighted by Gasteiger charge is 2.11. The average Bonchev–Trinajstić information content (AvgIpc) is 2.74. The van der Waals surface area contributed by atoms with Gasteiger partial charge in [-0.3, -0.25) is 5.10 Å². The van der Waals surface area contributed by atoms with E-state index < -0.39 is 0 Å². The second-order valence-corrected chi connectivity index (χ2v) is 6.35. The first-order chi connectivity index (χ1) is 8.85. The van der Waals surface area contributed by atoms with Gasteiger partial charge >= 0.3 is 0 Å². The summed E-state index contributed by atoms with van der Waals surface area (Å²) in [4.78, 5) is 0. The molecule has 0 aliphatic heterocycles. The molecule has 102 valence electrons. The Morgan fingerprint density at radius 2 is 1.95 bits per heavy atom. The molecule has 19 heavy (non-hydrogen) atoms. The first-order valence-corrected chi connectivity index (χ1v) is 6.85. The standard InChI is InChI=1S/C14H17Cl2N3/c1-14(2,3)17-8-10-7-13(19-18-10)11-5-4-9(15)6-12(11)16/h4-7,17H,8H2,1-3H3,(H,18,19). The Labute approximate surface area is 123 Å². The van der Waals surface area contributed by atoms with Crippen molar-refractivity contribution in [1.29, 1.82) is 0 Å². The van der Waals surface area contributed by atoms with Gasteiger partial charge in [-0.1, -0.05) is 23.2 Å². The van der Waals surface area contributed by atoms with Gasteiger partial charge in [0.15, 0.2) is 0 Å². The van der Waals surface area contributed by atoms with E-state index in [2.05, 4.69) is 36.3 Å². The van der Waals surface area contributed by atoms with Crippen molar-refractivity contribution >= 4 is 23.2 Å². The summed E-state index contributed by atoms with van der Waals surface area (Å²) in [7, 11) is 0. The predicted octanol–water partition coefficient (Wildman–Crippen LogP) is 4.27. The maximum atomic E-state index is 6.17. The van der Waals surface area contributed by atoms with Gasteiger partial charge < -0.3 is 5.32 Å². The number of rotatable bonds is 3. The lowest BCUT2D eigenvalue weighted by atomic mass is 10.1. The molecule has 0 fully saturated rings. The molecule has 0 saturated carbocycles. The molecule has 2 N–H and O–H groups in total. The molecule has 0 bridgehead atoms. The van der Waals surface area contributed by atoms with E-state index in [0.29, 0.717) is 10.0 Å². The summed E-state index contributed by atoms with van der Waals surface area (Å²) in [5.41, 5.74) is 2.80. The van der Waals surface area contributed by atoms with Crippen LogP contribution in [-0.2, 0) is 6.54 Å². The third-order valence-electron chi connectivity index (χ3n) is 2.65. The number of hydrogen-bond acceptors (Lipinski definition) is 2. The lowest BCUT2D eigenvalue weighted by Gasteiger charge is -2.19. The largest absolute Gasteiger partial charge is 0.306 e. The molecule has 0 radical (unpaired) electrons. The Morgan fingerprint density at radius 3 is 2.58 bits per heavy atom. The third kappa shape index (κ3) is 3.96. The summed E-state index contributed by atoms with van der Waals surface area (Å²) < 4.78 is 0. The average molecular weight is 298 g/mol. The minimum Gasteiger partial charge on any atom is -0.306 e. The maximum absolute atomic E-state index is 6.17. The number of nitrogens with one attached hydrogen (secondary N) is 2. The molecule has 0 saturated heterocycles. The molecule has 1 heterocycles. The number of hydrogen-bond donors (Lipinski definition) is 2. The normalized spacial score (nSPS) is 11.8. The smallest absolute Gasteiger partial charge is 0.0939 e. The van der Waals surface area contributed by atoms with E-state index in [4.69, 9.17) is 23.2 Å². The second kappa shape index (κ2) is 5.53. The zero-order chi connectivity index (χ0) is 14.0. The minimum atomic E-state index is 0.0726. The predicted molar refractivity (Wildman–Crippen MR) is 80.6 cm³/mol. The molecule has 0 aliphatic carbocycles. The summed E-state index contributed by atoms with van der Waals surface area (Å²) in [5.74, 6) is 0. The molecule has 1 aromatic heterocycles. The van der Waals surface area contributed by atoms with Gasteiger partial charge in [-0.15, -0.1) is 0 Å². The number of aromatic amines is 1. The van der Waals surface area contributed by atoms with Crippen molar-refractivity contribution in [2.45, 2.75) is 32.9 Å². The van der Waals surface area contributed by atoms with Crippen LogP contribution >= 0.6 is 23.2 Å². The number of nitrogens with zero attached hydrogens (tertiary/aromatic N) is 1. The van der Waals surface area contributed by atoms with Gasteiger partial charge in [0.1, 0.15) is 0 Å². The van der Waals surface area contributed by atoms with Gasteiger partial charge in [0, 0.05) is 28.4 Å². The van der Waals surface area contributed by atoms with Crippen LogP contribution < -0.4 is 5.32 Å². The molecule has 0 aliphatic rings. The van der Waals surface area contributed by atoms with E-state index in [9.17, 15) is 0 Å². The lowest BCUT2D eigenvalue weighted by Crippen LogP contribution is -2.35. The van der Waals surface area contributed by atoms with E-state index in [0.717, 1.165) is 23.5 Å². The Balaban J connectivity index is 2.16. The molecule has 0 amide bonds. The second-order valence-electron chi connectivity index (χ2n) is 5.51. The number of benzene rings is 1. The van der Waals surface area contributed by atoms with E-state index in [1.165, 1.54) is 0 Å². The van der Waals surface area contributed by atoms with Crippen LogP contribution in [0.2, 0.25) is 10.0 Å². The quantitative estimate of drug-likeness (QED) is 0.888. The summed E-state index contributed by atoms with van der Waals surface area (Å²) in [6.07, 6.45) is 0. The van der Waals surface area contributed by atoms with Crippen molar-refractivity contribution in [2.75, 3.05) is 0 Å². The van der Waals surface area contributed by atoms with Crippen LogP contribution in [-0.4, -0.2) is 15.7 Å². The van der Waals surface area contributed by atoms with Gasteiger partial charge in [-0.05, 0) is 45.0 Å². The summed E-state index contributed by atoms with van der Waals surface area (Å²) in [6.45, 7) is 7.11. The van der Waals surface area contributed by atoms with Crippen LogP contribution in [0.5, 0.6) is 0 Å². The van der Waals surface area contributed by atoms with Gasteiger partial charge in [0.05, 0.1) is 10.7 Å². The molecule has 1 aromatic carbocycles. The fourth-order valence-electron chi connectivity index (χ4n) is 1.65. The summed E-state index contributed by atoms with van der Waals surface area (Å²) in [5, 5.41) is 11.9. The van der Waals surface area contributed by atoms with Crippen LogP contribution in [0, 0.1) is 0 Å². The van der Waals surface area contributed by atoms with Gasteiger partial charge in [0.25, 0.3) is 0 Å². The van der Waals surface area contributed by atoms with E-state index in [-0.39, 0.29) is 5.54 Å². The Kier molecular flexibility index (Phi) is 4.19. The van der Waals surface area contributed by atoms with Crippen molar-refractivity contribution in [3.8, 4) is 11.3 Å². The van der Waals surface area contributed by atoms with Gasteiger partial charge in [-0.25, -0.2) is 0 Å². The van der Waals surface area contributed by atoms with E-state index in [1.54, 1.807) is 6.07 Å². The highest BCUT2D eigenvalue weighted by molar-refractivity contribution is 6.36. The molecule has 0 spiro atoms. The molecule has 2 aromatic rings. The lowest BCUT2D eigenvalue weighted by molar-refractivity contribution is 0.421. The van der Waals surface area contributed by atoms with Crippen LogP contribution in [0.15, 0.2) is 24.3 Å². The van der Waals surface area contributed by atoms with Crippen LogP contribution in [0.4, 0.5) is 0 Å². The van der Waals surface area contributed by atoms with E-state index >= 15 is 0 Å². The Morgan fingerprint density at radius 1 is 1.21 bits per heavy atom. The number of aromatic nitrogens is 2. The first-order valence-electron chi connectivity index (χ1n) is 6.10. The fourth-order valence-corrected chi connectivity index (χ4v) is 2.15. The zero-order valence-electron chi connectivity index (χ0n) is 11.2. The first kappa shape index (κ1) is 14.4. The number of H-pyrrole nitrogens is 1. The Bertz CT molecular complexity index is 570. The Hall–Kier alpha value is -1.03. The minimum absolute atomic E-state index is 0.0726. The highest BCUT2D eigenvalue weighted by Crippen LogP contribution is 2.29. The molecular formula is C14H17Cl2N3. The third-order valence-corrected chi connectivity index (χ3v) is 3.19.